The van der Waals surface area contributed by atoms with Gasteiger partial charge in [-0.25, -0.2) is 0 Å². The Morgan fingerprint density at radius 3 is 2.71 bits per heavy atom. The number of fused-ring (bicyclic) bond motifs is 1. The summed E-state index contributed by atoms with van der Waals surface area (Å²) in [4.78, 5) is 35.6. The molecule has 1 aromatic carbocycles. The molecule has 0 bridgehead atoms. The molecular formula is C15H18N2O4. The number of carbonyl (C=O) groups excluding carboxylic acids is 3. The Bertz CT molecular complexity index is 583. The molecule has 0 atom stereocenters. The highest BCUT2D eigenvalue weighted by molar-refractivity contribution is 5.95. The normalized spacial score (nSPS) is 13.3. The molecule has 0 aromatic heterocycles. The summed E-state index contributed by atoms with van der Waals surface area (Å²) in [6, 6.07) is 5.43. The molecule has 112 valence electrons. The van der Waals surface area contributed by atoms with E-state index in [2.05, 4.69) is 10.1 Å². The van der Waals surface area contributed by atoms with Crippen LogP contribution in [0.15, 0.2) is 18.2 Å². The second kappa shape index (κ2) is 6.39. The monoisotopic (exact) mass is 290 g/mol. The first kappa shape index (κ1) is 15.0. The largest absolute Gasteiger partial charge is 0.456 e. The molecule has 1 N–H and O–H groups in total. The van der Waals surface area contributed by atoms with E-state index in [-0.39, 0.29) is 18.4 Å². The molecule has 6 heteroatoms. The fraction of sp³-hybridized carbons (Fsp3) is 0.400. The van der Waals surface area contributed by atoms with Crippen LogP contribution in [0.2, 0.25) is 0 Å². The number of esters is 1. The van der Waals surface area contributed by atoms with Crippen LogP contribution >= 0.6 is 0 Å². The van der Waals surface area contributed by atoms with Crippen molar-refractivity contribution < 1.29 is 19.1 Å². The summed E-state index contributed by atoms with van der Waals surface area (Å²) in [6.07, 6.45) is 1.77. The van der Waals surface area contributed by atoms with Crippen molar-refractivity contribution in [3.05, 3.63) is 23.8 Å². The number of hydrogen-bond donors (Lipinski definition) is 1. The second-order valence-electron chi connectivity index (χ2n) is 4.95. The van der Waals surface area contributed by atoms with E-state index in [1.165, 1.54) is 6.92 Å². The highest BCUT2D eigenvalue weighted by atomic mass is 16.5. The molecule has 0 radical (unpaired) electrons. The third-order valence-electron chi connectivity index (χ3n) is 3.27. The second-order valence-corrected chi connectivity index (χ2v) is 4.95. The van der Waals surface area contributed by atoms with Crippen LogP contribution in [-0.2, 0) is 25.5 Å². The molecule has 0 spiro atoms. The predicted molar refractivity (Wildman–Crippen MR) is 78.1 cm³/mol. The minimum absolute atomic E-state index is 0.0163. The Labute approximate surface area is 123 Å². The van der Waals surface area contributed by atoms with Crippen molar-refractivity contribution in [2.75, 3.05) is 23.4 Å². The van der Waals surface area contributed by atoms with E-state index in [0.717, 1.165) is 30.6 Å². The molecule has 1 aliphatic heterocycles. The Balaban J connectivity index is 2.09. The minimum Gasteiger partial charge on any atom is -0.456 e. The van der Waals surface area contributed by atoms with Crippen LogP contribution in [0.25, 0.3) is 0 Å². The lowest BCUT2D eigenvalue weighted by atomic mass is 10.0. The highest BCUT2D eigenvalue weighted by Gasteiger charge is 2.20. The van der Waals surface area contributed by atoms with E-state index in [4.69, 9.17) is 0 Å². The van der Waals surface area contributed by atoms with Crippen LogP contribution in [0, 0.1) is 0 Å². The Hall–Kier alpha value is -2.37. The van der Waals surface area contributed by atoms with E-state index < -0.39 is 5.97 Å². The fourth-order valence-electron chi connectivity index (χ4n) is 2.37. The number of rotatable bonds is 3. The van der Waals surface area contributed by atoms with Crippen molar-refractivity contribution in [2.45, 2.75) is 26.7 Å². The van der Waals surface area contributed by atoms with Crippen LogP contribution in [0.4, 0.5) is 11.4 Å². The van der Waals surface area contributed by atoms with Gasteiger partial charge in [-0.05, 0) is 36.6 Å². The Morgan fingerprint density at radius 1 is 1.29 bits per heavy atom. The average molecular weight is 290 g/mol. The van der Waals surface area contributed by atoms with Gasteiger partial charge < -0.3 is 15.0 Å². The van der Waals surface area contributed by atoms with Crippen molar-refractivity contribution in [3.63, 3.8) is 0 Å². The van der Waals surface area contributed by atoms with Gasteiger partial charge in [-0.1, -0.05) is 0 Å². The zero-order chi connectivity index (χ0) is 15.4. The summed E-state index contributed by atoms with van der Waals surface area (Å²) in [5.41, 5.74) is 2.56. The standard InChI is InChI=1S/C15H18N2O4/c1-10(18)17-7-3-4-12-8-13(5-6-14(12)17)16-15(20)9-21-11(2)19/h5-6,8H,3-4,7,9H2,1-2H3,(H,16,20). The molecule has 6 nitrogen and oxygen atoms in total. The van der Waals surface area contributed by atoms with Crippen molar-refractivity contribution >= 4 is 29.2 Å². The van der Waals surface area contributed by atoms with Gasteiger partial charge in [-0.2, -0.15) is 0 Å². The third kappa shape index (κ3) is 3.81. The van der Waals surface area contributed by atoms with Crippen molar-refractivity contribution in [1.29, 1.82) is 0 Å². The topological polar surface area (TPSA) is 75.7 Å². The molecule has 1 heterocycles. The molecule has 0 saturated heterocycles. The summed E-state index contributed by atoms with van der Waals surface area (Å²) in [5.74, 6) is -0.861. The van der Waals surface area contributed by atoms with E-state index in [0.29, 0.717) is 5.69 Å². The molecule has 0 aliphatic carbocycles. The maximum Gasteiger partial charge on any atom is 0.303 e. The van der Waals surface area contributed by atoms with Crippen LogP contribution in [0.3, 0.4) is 0 Å². The summed E-state index contributed by atoms with van der Waals surface area (Å²) >= 11 is 0. The van der Waals surface area contributed by atoms with Gasteiger partial charge in [0.2, 0.25) is 5.91 Å². The molecule has 2 rings (SSSR count). The number of nitrogens with zero attached hydrogens (tertiary/aromatic N) is 1. The molecule has 2 amide bonds. The van der Waals surface area contributed by atoms with E-state index in [1.54, 1.807) is 17.9 Å². The zero-order valence-electron chi connectivity index (χ0n) is 12.1. The van der Waals surface area contributed by atoms with Gasteiger partial charge in [-0.15, -0.1) is 0 Å². The number of nitrogens with one attached hydrogen (secondary N) is 1. The van der Waals surface area contributed by atoms with Gasteiger partial charge in [0.1, 0.15) is 0 Å². The fourth-order valence-corrected chi connectivity index (χ4v) is 2.37. The Morgan fingerprint density at radius 2 is 2.05 bits per heavy atom. The number of ether oxygens (including phenoxy) is 1. The minimum atomic E-state index is -0.493. The van der Waals surface area contributed by atoms with Gasteiger partial charge >= 0.3 is 5.97 Å². The number of hydrogen-bond acceptors (Lipinski definition) is 4. The molecule has 21 heavy (non-hydrogen) atoms. The molecule has 0 saturated carbocycles. The first-order chi connectivity index (χ1) is 9.97. The van der Waals surface area contributed by atoms with Gasteiger partial charge in [0.05, 0.1) is 0 Å². The SMILES string of the molecule is CC(=O)OCC(=O)Nc1ccc2c(c1)CCCN2C(C)=O. The number of anilines is 2. The smallest absolute Gasteiger partial charge is 0.303 e. The summed E-state index contributed by atoms with van der Waals surface area (Å²) < 4.78 is 4.63. The van der Waals surface area contributed by atoms with Crippen LogP contribution in [-0.4, -0.2) is 30.9 Å². The maximum atomic E-state index is 11.6. The molecular weight excluding hydrogens is 272 g/mol. The highest BCUT2D eigenvalue weighted by Crippen LogP contribution is 2.29. The van der Waals surface area contributed by atoms with Crippen LogP contribution < -0.4 is 10.2 Å². The molecule has 0 fully saturated rings. The van der Waals surface area contributed by atoms with E-state index >= 15 is 0 Å². The quantitative estimate of drug-likeness (QED) is 0.856. The summed E-state index contributed by atoms with van der Waals surface area (Å²) in [5, 5.41) is 2.67. The maximum absolute atomic E-state index is 11.6. The van der Waals surface area contributed by atoms with Gasteiger partial charge in [0, 0.05) is 31.8 Å². The van der Waals surface area contributed by atoms with E-state index in [9.17, 15) is 14.4 Å². The number of amides is 2. The van der Waals surface area contributed by atoms with Gasteiger partial charge in [0.15, 0.2) is 6.61 Å². The number of aryl methyl sites for hydroxylation is 1. The zero-order valence-corrected chi connectivity index (χ0v) is 12.1. The van der Waals surface area contributed by atoms with E-state index in [1.807, 2.05) is 12.1 Å². The lowest BCUT2D eigenvalue weighted by molar-refractivity contribution is -0.144. The van der Waals surface area contributed by atoms with Crippen molar-refractivity contribution in [1.82, 2.24) is 0 Å². The third-order valence-corrected chi connectivity index (χ3v) is 3.27. The lowest BCUT2D eigenvalue weighted by Crippen LogP contribution is -2.33. The summed E-state index contributed by atoms with van der Waals surface area (Å²) in [6.45, 7) is 3.22. The average Bonchev–Trinajstić information content (AvgIpc) is 2.44. The molecule has 1 aromatic rings. The van der Waals surface area contributed by atoms with Crippen molar-refractivity contribution in [3.8, 4) is 0 Å². The van der Waals surface area contributed by atoms with Crippen LogP contribution in [0.1, 0.15) is 25.8 Å². The number of carbonyl (C=O) groups is 3. The first-order valence-corrected chi connectivity index (χ1v) is 6.81. The molecule has 1 aliphatic rings. The lowest BCUT2D eigenvalue weighted by Gasteiger charge is -2.28. The van der Waals surface area contributed by atoms with Gasteiger partial charge in [-0.3, -0.25) is 14.4 Å². The van der Waals surface area contributed by atoms with Crippen molar-refractivity contribution in [2.24, 2.45) is 0 Å². The Kier molecular flexibility index (Phi) is 4.57. The predicted octanol–water partition coefficient (Wildman–Crippen LogP) is 1.49. The number of benzene rings is 1. The van der Waals surface area contributed by atoms with Crippen LogP contribution in [0.5, 0.6) is 0 Å². The summed E-state index contributed by atoms with van der Waals surface area (Å²) in [7, 11) is 0. The first-order valence-electron chi connectivity index (χ1n) is 6.81. The van der Waals surface area contributed by atoms with Gasteiger partial charge in [0.25, 0.3) is 5.91 Å². The molecule has 0 unspecified atom stereocenters.